The summed E-state index contributed by atoms with van der Waals surface area (Å²) in [6.07, 6.45) is 3.54. The number of carbonyl (C=O) groups excluding carboxylic acids is 1. The number of nitrogens with zero attached hydrogens (tertiary/aromatic N) is 4. The van der Waals surface area contributed by atoms with Crippen molar-refractivity contribution < 1.29 is 9.18 Å². The first-order valence-corrected chi connectivity index (χ1v) is 10.5. The highest BCUT2D eigenvalue weighted by Gasteiger charge is 2.23. The van der Waals surface area contributed by atoms with E-state index in [9.17, 15) is 9.18 Å². The third-order valence-electron chi connectivity index (χ3n) is 4.79. The molecule has 1 aromatic heterocycles. The molecule has 0 aliphatic carbocycles. The molecule has 0 radical (unpaired) electrons. The average Bonchev–Trinajstić information content (AvgIpc) is 2.78. The van der Waals surface area contributed by atoms with Crippen LogP contribution in [0.15, 0.2) is 72.0 Å². The van der Waals surface area contributed by atoms with Gasteiger partial charge in [0.1, 0.15) is 16.7 Å². The van der Waals surface area contributed by atoms with Gasteiger partial charge in [-0.25, -0.2) is 9.37 Å². The summed E-state index contributed by atoms with van der Waals surface area (Å²) in [5.74, 6) is 1.13. The minimum Gasteiger partial charge on any atom is -0.352 e. The Kier molecular flexibility index (Phi) is 6.05. The maximum absolute atomic E-state index is 13.4. The van der Waals surface area contributed by atoms with Crippen LogP contribution in [0.4, 0.5) is 10.2 Å². The molecule has 1 amide bonds. The Morgan fingerprint density at radius 3 is 2.55 bits per heavy atom. The molecule has 1 aliphatic rings. The van der Waals surface area contributed by atoms with E-state index in [1.165, 1.54) is 17.7 Å². The van der Waals surface area contributed by atoms with Crippen molar-refractivity contribution in [2.75, 3.05) is 31.1 Å². The van der Waals surface area contributed by atoms with Gasteiger partial charge in [0.15, 0.2) is 0 Å². The van der Waals surface area contributed by atoms with E-state index in [-0.39, 0.29) is 5.91 Å². The van der Waals surface area contributed by atoms with Crippen LogP contribution < -0.4 is 4.90 Å². The monoisotopic (exact) mass is 408 g/mol. The zero-order valence-corrected chi connectivity index (χ0v) is 16.7. The number of benzene rings is 2. The number of carbonyl (C=O) groups is 1. The number of amides is 1. The van der Waals surface area contributed by atoms with Crippen molar-refractivity contribution in [2.24, 2.45) is 0 Å². The van der Waals surface area contributed by atoms with Crippen molar-refractivity contribution in [3.8, 4) is 0 Å². The van der Waals surface area contributed by atoms with Crippen molar-refractivity contribution in [1.29, 1.82) is 0 Å². The molecule has 1 aliphatic heterocycles. The quantitative estimate of drug-likeness (QED) is 0.600. The molecule has 0 bridgehead atoms. The standard InChI is InChI=1S/C22H21FN4OS/c23-19-8-4-7-18(13-19)22(28)27-11-9-26(10-12-27)20-14-24-15-21(25-20)29-16-17-5-2-1-3-6-17/h1-8,13-15H,9-12,16H2. The molecule has 0 unspecified atom stereocenters. The lowest BCUT2D eigenvalue weighted by Gasteiger charge is -2.35. The van der Waals surface area contributed by atoms with Crippen LogP contribution in [0.3, 0.4) is 0 Å². The zero-order chi connectivity index (χ0) is 20.1. The lowest BCUT2D eigenvalue weighted by molar-refractivity contribution is 0.0746. The first-order valence-electron chi connectivity index (χ1n) is 9.47. The third-order valence-corrected chi connectivity index (χ3v) is 5.76. The van der Waals surface area contributed by atoms with Gasteiger partial charge in [-0.1, -0.05) is 36.4 Å². The molecule has 1 saturated heterocycles. The van der Waals surface area contributed by atoms with Gasteiger partial charge in [0.25, 0.3) is 5.91 Å². The van der Waals surface area contributed by atoms with Gasteiger partial charge in [0.05, 0.1) is 12.4 Å². The fourth-order valence-electron chi connectivity index (χ4n) is 3.23. The molecule has 0 atom stereocenters. The number of hydrogen-bond donors (Lipinski definition) is 0. The Labute approximate surface area is 173 Å². The van der Waals surface area contributed by atoms with Crippen LogP contribution in [0.2, 0.25) is 0 Å². The van der Waals surface area contributed by atoms with E-state index in [0.717, 1.165) is 16.6 Å². The molecular formula is C22H21FN4OS. The molecule has 2 aromatic carbocycles. The first-order chi connectivity index (χ1) is 14.2. The SMILES string of the molecule is O=C(c1cccc(F)c1)N1CCN(c2cncc(SCc3ccccc3)n2)CC1. The molecule has 4 rings (SSSR count). The van der Waals surface area contributed by atoms with Gasteiger partial charge in [-0.05, 0) is 23.8 Å². The van der Waals surface area contributed by atoms with Crippen LogP contribution in [0, 0.1) is 5.82 Å². The first kappa shape index (κ1) is 19.4. The highest BCUT2D eigenvalue weighted by molar-refractivity contribution is 7.98. The number of rotatable bonds is 5. The summed E-state index contributed by atoms with van der Waals surface area (Å²) in [4.78, 5) is 25.5. The van der Waals surface area contributed by atoms with Crippen LogP contribution in [0.5, 0.6) is 0 Å². The molecule has 2 heterocycles. The summed E-state index contributed by atoms with van der Waals surface area (Å²) in [5, 5.41) is 0.879. The molecule has 148 valence electrons. The van der Waals surface area contributed by atoms with E-state index in [4.69, 9.17) is 4.98 Å². The van der Waals surface area contributed by atoms with E-state index >= 15 is 0 Å². The molecule has 7 heteroatoms. The summed E-state index contributed by atoms with van der Waals surface area (Å²) >= 11 is 1.66. The van der Waals surface area contributed by atoms with Crippen LogP contribution in [0.25, 0.3) is 0 Å². The topological polar surface area (TPSA) is 49.3 Å². The number of piperazine rings is 1. The van der Waals surface area contributed by atoms with Crippen LogP contribution >= 0.6 is 11.8 Å². The van der Waals surface area contributed by atoms with Gasteiger partial charge >= 0.3 is 0 Å². The lowest BCUT2D eigenvalue weighted by atomic mass is 10.1. The summed E-state index contributed by atoms with van der Waals surface area (Å²) in [7, 11) is 0. The lowest BCUT2D eigenvalue weighted by Crippen LogP contribution is -2.49. The fraction of sp³-hybridized carbons (Fsp3) is 0.227. The van der Waals surface area contributed by atoms with E-state index in [0.29, 0.717) is 31.7 Å². The predicted octanol–water partition coefficient (Wildman–Crippen LogP) is 3.87. The second kappa shape index (κ2) is 9.05. The van der Waals surface area contributed by atoms with Gasteiger partial charge in [0.2, 0.25) is 0 Å². The molecule has 0 spiro atoms. The normalized spacial score (nSPS) is 14.1. The van der Waals surface area contributed by atoms with Gasteiger partial charge in [-0.3, -0.25) is 9.78 Å². The number of anilines is 1. The van der Waals surface area contributed by atoms with Crippen LogP contribution in [-0.4, -0.2) is 47.0 Å². The summed E-state index contributed by atoms with van der Waals surface area (Å²) in [5.41, 5.74) is 1.63. The fourth-order valence-corrected chi connectivity index (χ4v) is 4.03. The molecule has 0 N–H and O–H groups in total. The van der Waals surface area contributed by atoms with Crippen molar-refractivity contribution >= 4 is 23.5 Å². The number of hydrogen-bond acceptors (Lipinski definition) is 5. The zero-order valence-electron chi connectivity index (χ0n) is 15.9. The van der Waals surface area contributed by atoms with E-state index in [1.807, 2.05) is 18.2 Å². The number of halogens is 1. The Balaban J connectivity index is 1.35. The highest BCUT2D eigenvalue weighted by atomic mass is 32.2. The Bertz CT molecular complexity index is 977. The molecule has 3 aromatic rings. The summed E-state index contributed by atoms with van der Waals surface area (Å²) in [6.45, 7) is 2.47. The largest absolute Gasteiger partial charge is 0.352 e. The van der Waals surface area contributed by atoms with Gasteiger partial charge in [-0.2, -0.15) is 0 Å². The highest BCUT2D eigenvalue weighted by Crippen LogP contribution is 2.23. The minimum absolute atomic E-state index is 0.137. The molecule has 5 nitrogen and oxygen atoms in total. The van der Waals surface area contributed by atoms with Crippen molar-refractivity contribution in [1.82, 2.24) is 14.9 Å². The van der Waals surface area contributed by atoms with Crippen molar-refractivity contribution in [3.05, 3.63) is 83.9 Å². The molecule has 29 heavy (non-hydrogen) atoms. The van der Waals surface area contributed by atoms with Crippen LogP contribution in [0.1, 0.15) is 15.9 Å². The van der Waals surface area contributed by atoms with Crippen LogP contribution in [-0.2, 0) is 5.75 Å². The van der Waals surface area contributed by atoms with Gasteiger partial charge in [0, 0.05) is 37.5 Å². The second-order valence-corrected chi connectivity index (χ2v) is 7.78. The number of aromatic nitrogens is 2. The molecular weight excluding hydrogens is 387 g/mol. The van der Waals surface area contributed by atoms with Gasteiger partial charge < -0.3 is 9.80 Å². The Morgan fingerprint density at radius 1 is 1.00 bits per heavy atom. The Morgan fingerprint density at radius 2 is 1.79 bits per heavy atom. The van der Waals surface area contributed by atoms with E-state index in [2.05, 4.69) is 22.0 Å². The van der Waals surface area contributed by atoms with E-state index in [1.54, 1.807) is 41.2 Å². The molecule has 0 saturated carbocycles. The van der Waals surface area contributed by atoms with Crippen molar-refractivity contribution in [3.63, 3.8) is 0 Å². The maximum Gasteiger partial charge on any atom is 0.254 e. The minimum atomic E-state index is -0.394. The summed E-state index contributed by atoms with van der Waals surface area (Å²) < 4.78 is 13.4. The van der Waals surface area contributed by atoms with Crippen molar-refractivity contribution in [2.45, 2.75) is 10.8 Å². The molecule has 1 fully saturated rings. The maximum atomic E-state index is 13.4. The second-order valence-electron chi connectivity index (χ2n) is 6.78. The average molecular weight is 409 g/mol. The number of thioether (sulfide) groups is 1. The summed E-state index contributed by atoms with van der Waals surface area (Å²) in [6, 6.07) is 16.1. The van der Waals surface area contributed by atoms with Gasteiger partial charge in [-0.15, -0.1) is 11.8 Å². The van der Waals surface area contributed by atoms with E-state index < -0.39 is 5.82 Å². The predicted molar refractivity (Wildman–Crippen MR) is 113 cm³/mol. The Hall–Kier alpha value is -2.93. The smallest absolute Gasteiger partial charge is 0.254 e. The third kappa shape index (κ3) is 4.92.